The molecule has 2 aromatic rings. The number of rotatable bonds is 4. The SMILES string of the molecule is CCc1ncc(C(=O)NC(C)c2ccc3c(c2)NC(=O)CO3)s1. The molecule has 1 aromatic heterocycles. The number of aryl methyl sites for hydroxylation is 1. The molecular weight excluding hydrogens is 314 g/mol. The van der Waals surface area contributed by atoms with Gasteiger partial charge in [-0.1, -0.05) is 13.0 Å². The fourth-order valence-electron chi connectivity index (χ4n) is 2.30. The van der Waals surface area contributed by atoms with E-state index in [1.54, 1.807) is 12.3 Å². The van der Waals surface area contributed by atoms with Gasteiger partial charge in [-0.15, -0.1) is 11.3 Å². The lowest BCUT2D eigenvalue weighted by Crippen LogP contribution is -2.27. The van der Waals surface area contributed by atoms with E-state index in [-0.39, 0.29) is 24.5 Å². The summed E-state index contributed by atoms with van der Waals surface area (Å²) in [7, 11) is 0. The quantitative estimate of drug-likeness (QED) is 0.902. The zero-order valence-corrected chi connectivity index (χ0v) is 13.7. The van der Waals surface area contributed by atoms with Gasteiger partial charge < -0.3 is 15.4 Å². The molecule has 1 unspecified atom stereocenters. The number of hydrogen-bond acceptors (Lipinski definition) is 5. The molecule has 120 valence electrons. The number of carbonyl (C=O) groups excluding carboxylic acids is 2. The normalized spacial score (nSPS) is 14.4. The van der Waals surface area contributed by atoms with Crippen LogP contribution in [0.15, 0.2) is 24.4 Å². The van der Waals surface area contributed by atoms with Gasteiger partial charge in [0.05, 0.1) is 22.9 Å². The summed E-state index contributed by atoms with van der Waals surface area (Å²) in [6.07, 6.45) is 2.42. The summed E-state index contributed by atoms with van der Waals surface area (Å²) >= 11 is 1.40. The summed E-state index contributed by atoms with van der Waals surface area (Å²) in [6.45, 7) is 3.93. The highest BCUT2D eigenvalue weighted by atomic mass is 32.1. The third-order valence-corrected chi connectivity index (χ3v) is 4.70. The number of fused-ring (bicyclic) bond motifs is 1. The Labute approximate surface area is 137 Å². The second-order valence-corrected chi connectivity index (χ2v) is 6.37. The van der Waals surface area contributed by atoms with Crippen LogP contribution in [-0.4, -0.2) is 23.4 Å². The van der Waals surface area contributed by atoms with E-state index in [0.29, 0.717) is 16.3 Å². The first-order valence-electron chi connectivity index (χ1n) is 7.39. The summed E-state index contributed by atoms with van der Waals surface area (Å²) in [5.74, 6) is 0.317. The van der Waals surface area contributed by atoms with Crippen molar-refractivity contribution in [2.45, 2.75) is 26.3 Å². The number of amides is 2. The van der Waals surface area contributed by atoms with Crippen molar-refractivity contribution in [3.05, 3.63) is 39.8 Å². The predicted octanol–water partition coefficient (Wildman–Crippen LogP) is 2.53. The van der Waals surface area contributed by atoms with E-state index in [1.807, 2.05) is 26.0 Å². The van der Waals surface area contributed by atoms with Crippen molar-refractivity contribution in [2.24, 2.45) is 0 Å². The molecule has 0 bridgehead atoms. The molecular formula is C16H17N3O3S. The van der Waals surface area contributed by atoms with E-state index in [4.69, 9.17) is 4.74 Å². The monoisotopic (exact) mass is 331 g/mol. The van der Waals surface area contributed by atoms with Gasteiger partial charge in [0.1, 0.15) is 10.6 Å². The number of carbonyl (C=O) groups is 2. The molecule has 6 nitrogen and oxygen atoms in total. The molecule has 7 heteroatoms. The van der Waals surface area contributed by atoms with Crippen molar-refractivity contribution in [2.75, 3.05) is 11.9 Å². The number of benzene rings is 1. The Balaban J connectivity index is 1.73. The van der Waals surface area contributed by atoms with Crippen LogP contribution in [0.25, 0.3) is 0 Å². The lowest BCUT2D eigenvalue weighted by molar-refractivity contribution is -0.118. The summed E-state index contributed by atoms with van der Waals surface area (Å²) in [5.41, 5.74) is 1.52. The Morgan fingerprint density at radius 1 is 1.52 bits per heavy atom. The lowest BCUT2D eigenvalue weighted by atomic mass is 10.1. The average Bonchev–Trinajstić information content (AvgIpc) is 3.03. The van der Waals surface area contributed by atoms with Crippen LogP contribution in [0.4, 0.5) is 5.69 Å². The van der Waals surface area contributed by atoms with Gasteiger partial charge in [-0.05, 0) is 31.0 Å². The van der Waals surface area contributed by atoms with Crippen molar-refractivity contribution >= 4 is 28.8 Å². The first-order valence-corrected chi connectivity index (χ1v) is 8.20. The summed E-state index contributed by atoms with van der Waals surface area (Å²) in [6, 6.07) is 5.31. The van der Waals surface area contributed by atoms with E-state index in [9.17, 15) is 9.59 Å². The number of nitrogens with one attached hydrogen (secondary N) is 2. The number of thiazole rings is 1. The van der Waals surface area contributed by atoms with E-state index in [1.165, 1.54) is 11.3 Å². The molecule has 1 aliphatic heterocycles. The van der Waals surface area contributed by atoms with Gasteiger partial charge in [0.15, 0.2) is 6.61 Å². The van der Waals surface area contributed by atoms with Gasteiger partial charge >= 0.3 is 0 Å². The smallest absolute Gasteiger partial charge is 0.263 e. The predicted molar refractivity (Wildman–Crippen MR) is 87.9 cm³/mol. The molecule has 0 fully saturated rings. The van der Waals surface area contributed by atoms with Crippen molar-refractivity contribution in [1.29, 1.82) is 0 Å². The second-order valence-electron chi connectivity index (χ2n) is 5.26. The maximum atomic E-state index is 12.3. The van der Waals surface area contributed by atoms with Crippen LogP contribution < -0.4 is 15.4 Å². The van der Waals surface area contributed by atoms with Crippen molar-refractivity contribution < 1.29 is 14.3 Å². The Hall–Kier alpha value is -2.41. The molecule has 0 saturated heterocycles. The van der Waals surface area contributed by atoms with Crippen LogP contribution in [-0.2, 0) is 11.2 Å². The molecule has 0 aliphatic carbocycles. The Morgan fingerprint density at radius 2 is 2.35 bits per heavy atom. The molecule has 0 saturated carbocycles. The third-order valence-electron chi connectivity index (χ3n) is 3.56. The van der Waals surface area contributed by atoms with Crippen LogP contribution >= 0.6 is 11.3 Å². The summed E-state index contributed by atoms with van der Waals surface area (Å²) in [4.78, 5) is 28.4. The van der Waals surface area contributed by atoms with Crippen molar-refractivity contribution in [3.63, 3.8) is 0 Å². The van der Waals surface area contributed by atoms with Crippen molar-refractivity contribution in [3.8, 4) is 5.75 Å². The molecule has 1 aromatic carbocycles. The maximum absolute atomic E-state index is 12.3. The second kappa shape index (κ2) is 6.37. The first-order chi connectivity index (χ1) is 11.1. The zero-order chi connectivity index (χ0) is 16.4. The number of ether oxygens (including phenoxy) is 1. The van der Waals surface area contributed by atoms with Crippen LogP contribution in [0.2, 0.25) is 0 Å². The Morgan fingerprint density at radius 3 is 3.09 bits per heavy atom. The Bertz CT molecular complexity index is 757. The number of anilines is 1. The van der Waals surface area contributed by atoms with Gasteiger partial charge in [0.25, 0.3) is 11.8 Å². The molecule has 0 radical (unpaired) electrons. The van der Waals surface area contributed by atoms with E-state index in [0.717, 1.165) is 17.0 Å². The van der Waals surface area contributed by atoms with Crippen LogP contribution in [0.1, 0.15) is 40.1 Å². The van der Waals surface area contributed by atoms with Gasteiger partial charge in [0.2, 0.25) is 0 Å². The fourth-order valence-corrected chi connectivity index (χ4v) is 3.06. The summed E-state index contributed by atoms with van der Waals surface area (Å²) in [5, 5.41) is 6.65. The number of aromatic nitrogens is 1. The lowest BCUT2D eigenvalue weighted by Gasteiger charge is -2.20. The minimum Gasteiger partial charge on any atom is -0.482 e. The van der Waals surface area contributed by atoms with Gasteiger partial charge in [-0.2, -0.15) is 0 Å². The molecule has 2 N–H and O–H groups in total. The molecule has 0 spiro atoms. The van der Waals surface area contributed by atoms with Gasteiger partial charge in [0, 0.05) is 0 Å². The largest absolute Gasteiger partial charge is 0.482 e. The fraction of sp³-hybridized carbons (Fsp3) is 0.312. The highest BCUT2D eigenvalue weighted by Crippen LogP contribution is 2.30. The van der Waals surface area contributed by atoms with Crippen LogP contribution in [0.3, 0.4) is 0 Å². The van der Waals surface area contributed by atoms with E-state index >= 15 is 0 Å². The third kappa shape index (κ3) is 3.34. The topological polar surface area (TPSA) is 80.3 Å². The minimum atomic E-state index is -0.196. The van der Waals surface area contributed by atoms with Crippen LogP contribution in [0.5, 0.6) is 5.75 Å². The first kappa shape index (κ1) is 15.5. The van der Waals surface area contributed by atoms with Gasteiger partial charge in [-0.3, -0.25) is 9.59 Å². The van der Waals surface area contributed by atoms with Crippen molar-refractivity contribution in [1.82, 2.24) is 10.3 Å². The molecule has 1 aliphatic rings. The molecule has 1 atom stereocenters. The highest BCUT2D eigenvalue weighted by Gasteiger charge is 2.19. The van der Waals surface area contributed by atoms with E-state index < -0.39 is 0 Å². The summed E-state index contributed by atoms with van der Waals surface area (Å²) < 4.78 is 5.33. The molecule has 3 rings (SSSR count). The van der Waals surface area contributed by atoms with Gasteiger partial charge in [-0.25, -0.2) is 4.98 Å². The molecule has 23 heavy (non-hydrogen) atoms. The Kier molecular flexibility index (Phi) is 4.29. The maximum Gasteiger partial charge on any atom is 0.263 e. The van der Waals surface area contributed by atoms with Crippen LogP contribution in [0, 0.1) is 0 Å². The number of hydrogen-bond donors (Lipinski definition) is 2. The molecule has 2 amide bonds. The number of nitrogens with zero attached hydrogens (tertiary/aromatic N) is 1. The highest BCUT2D eigenvalue weighted by molar-refractivity contribution is 7.13. The standard InChI is InChI=1S/C16H17N3O3S/c1-3-15-17-7-13(23-15)16(21)18-9(2)10-4-5-12-11(6-10)19-14(20)8-22-12/h4-7,9H,3,8H2,1-2H3,(H,18,21)(H,19,20). The zero-order valence-electron chi connectivity index (χ0n) is 12.9. The van der Waals surface area contributed by atoms with E-state index in [2.05, 4.69) is 15.6 Å². The molecule has 2 heterocycles. The minimum absolute atomic E-state index is 0.0315. The average molecular weight is 331 g/mol.